The van der Waals surface area contributed by atoms with E-state index >= 15 is 0 Å². The number of halogens is 1. The Kier molecular flexibility index (Phi) is 8.04. The minimum Gasteiger partial charge on any atom is -0.311 e. The number of allylic oxidation sites excluding steroid dienone is 1. The number of aromatic nitrogens is 1. The Morgan fingerprint density at radius 3 is 1.83 bits per heavy atom. The first-order valence-electron chi connectivity index (χ1n) is 12.4. The van der Waals surface area contributed by atoms with Crippen molar-refractivity contribution in [3.8, 4) is 0 Å². The summed E-state index contributed by atoms with van der Waals surface area (Å²) in [4.78, 5) is 47.5. The molecular formula is C33H18ClN3O3Re. The summed E-state index contributed by atoms with van der Waals surface area (Å²) in [5.74, 6) is 4.80. The van der Waals surface area contributed by atoms with E-state index in [2.05, 4.69) is 14.9 Å². The Bertz CT molecular complexity index is 1990. The van der Waals surface area contributed by atoms with E-state index in [1.807, 2.05) is 103 Å². The molecule has 0 saturated heterocycles. The fourth-order valence-electron chi connectivity index (χ4n) is 5.14. The molecule has 1 radical (unpaired) electrons. The zero-order chi connectivity index (χ0) is 27.6. The fourth-order valence-corrected chi connectivity index (χ4v) is 5.46. The SMILES string of the molecule is O=C=C1c2c(c3ncccc3c(=C=O)c2=C=O)N=C(Cl)C1c1ccc(N(c2ccccc2)c2ccccc2)cc1.[Re]. The van der Waals surface area contributed by atoms with Crippen LogP contribution in [0.25, 0.3) is 16.5 Å². The molecule has 6 rings (SSSR count). The van der Waals surface area contributed by atoms with Gasteiger partial charge in [-0.15, -0.1) is 0 Å². The number of fused-ring (bicyclic) bond motifs is 3. The molecule has 6 nitrogen and oxygen atoms in total. The van der Waals surface area contributed by atoms with Crippen LogP contribution in [0.3, 0.4) is 0 Å². The molecule has 2 heterocycles. The van der Waals surface area contributed by atoms with Crippen molar-refractivity contribution in [2.45, 2.75) is 5.92 Å². The molecule has 1 aromatic heterocycles. The normalized spacial score (nSPS) is 13.6. The molecular weight excluding hydrogens is 708 g/mol. The number of benzene rings is 4. The molecule has 5 aromatic rings. The van der Waals surface area contributed by atoms with Gasteiger partial charge in [0, 0.05) is 54.6 Å². The van der Waals surface area contributed by atoms with E-state index in [1.165, 1.54) is 6.20 Å². The van der Waals surface area contributed by atoms with E-state index in [-0.39, 0.29) is 52.9 Å². The predicted octanol–water partition coefficient (Wildman–Crippen LogP) is 4.99. The molecule has 41 heavy (non-hydrogen) atoms. The van der Waals surface area contributed by atoms with Crippen LogP contribution >= 0.6 is 11.6 Å². The van der Waals surface area contributed by atoms with Crippen molar-refractivity contribution < 1.29 is 34.8 Å². The van der Waals surface area contributed by atoms with Crippen molar-refractivity contribution in [1.82, 2.24) is 4.98 Å². The van der Waals surface area contributed by atoms with Crippen molar-refractivity contribution in [3.63, 3.8) is 0 Å². The molecule has 4 aromatic carbocycles. The summed E-state index contributed by atoms with van der Waals surface area (Å²) >= 11 is 6.72. The second kappa shape index (κ2) is 11.8. The molecule has 0 amide bonds. The number of nitrogens with zero attached hydrogens (tertiary/aromatic N) is 3. The summed E-state index contributed by atoms with van der Waals surface area (Å²) in [6.07, 6.45) is 1.53. The van der Waals surface area contributed by atoms with Gasteiger partial charge in [-0.3, -0.25) is 4.98 Å². The Morgan fingerprint density at radius 2 is 1.27 bits per heavy atom. The van der Waals surface area contributed by atoms with Gasteiger partial charge in [-0.2, -0.15) is 0 Å². The van der Waals surface area contributed by atoms with Crippen LogP contribution in [0.15, 0.2) is 108 Å². The van der Waals surface area contributed by atoms with Crippen LogP contribution in [0.1, 0.15) is 17.0 Å². The number of anilines is 3. The van der Waals surface area contributed by atoms with E-state index < -0.39 is 5.92 Å². The van der Waals surface area contributed by atoms with Crippen LogP contribution in [-0.4, -0.2) is 28.0 Å². The third-order valence-corrected chi connectivity index (χ3v) is 7.18. The molecule has 1 atom stereocenters. The summed E-state index contributed by atoms with van der Waals surface area (Å²) < 4.78 is 0. The summed E-state index contributed by atoms with van der Waals surface area (Å²) in [6, 6.07) is 30.7. The first kappa shape index (κ1) is 27.9. The molecule has 0 aliphatic carbocycles. The monoisotopic (exact) mass is 726 g/mol. The zero-order valence-electron chi connectivity index (χ0n) is 21.2. The third kappa shape index (κ3) is 4.81. The van der Waals surface area contributed by atoms with Crippen LogP contribution in [0.4, 0.5) is 22.7 Å². The van der Waals surface area contributed by atoms with Crippen molar-refractivity contribution in [2.24, 2.45) is 4.99 Å². The van der Waals surface area contributed by atoms with Crippen LogP contribution in [-0.2, 0) is 34.8 Å². The summed E-state index contributed by atoms with van der Waals surface area (Å²) in [5.41, 5.74) is 4.28. The summed E-state index contributed by atoms with van der Waals surface area (Å²) in [5, 5.41) is 0.344. The summed E-state index contributed by atoms with van der Waals surface area (Å²) in [7, 11) is 0. The molecule has 0 saturated carbocycles. The molecule has 1 aliphatic heterocycles. The predicted molar refractivity (Wildman–Crippen MR) is 157 cm³/mol. The fraction of sp³-hybridized carbons (Fsp3) is 0.0303. The largest absolute Gasteiger partial charge is 0.311 e. The molecule has 0 fully saturated rings. The van der Waals surface area contributed by atoms with Crippen LogP contribution < -0.4 is 15.3 Å². The van der Waals surface area contributed by atoms with Crippen molar-refractivity contribution in [3.05, 3.63) is 125 Å². The molecule has 1 unspecified atom stereocenters. The molecule has 197 valence electrons. The maximum atomic E-state index is 12.5. The first-order chi connectivity index (χ1) is 19.7. The second-order valence-electron chi connectivity index (χ2n) is 9.06. The molecule has 1 aliphatic rings. The zero-order valence-corrected chi connectivity index (χ0v) is 24.7. The van der Waals surface area contributed by atoms with Crippen molar-refractivity contribution in [2.75, 3.05) is 4.90 Å². The number of pyridine rings is 1. The Labute approximate surface area is 253 Å². The Morgan fingerprint density at radius 1 is 0.683 bits per heavy atom. The van der Waals surface area contributed by atoms with Gasteiger partial charge in [0.15, 0.2) is 0 Å². The Balaban J connectivity index is 0.00000337. The van der Waals surface area contributed by atoms with Gasteiger partial charge in [0.05, 0.1) is 27.4 Å². The maximum absolute atomic E-state index is 12.5. The van der Waals surface area contributed by atoms with Gasteiger partial charge >= 0.3 is 0 Å². The number of para-hydroxylation sites is 2. The van der Waals surface area contributed by atoms with Gasteiger partial charge in [0.1, 0.15) is 28.7 Å². The minimum absolute atomic E-state index is 0. The van der Waals surface area contributed by atoms with Crippen LogP contribution in [0.2, 0.25) is 0 Å². The van der Waals surface area contributed by atoms with Gasteiger partial charge in [-0.1, -0.05) is 60.1 Å². The van der Waals surface area contributed by atoms with Gasteiger partial charge < -0.3 is 4.90 Å². The topological polar surface area (TPSA) is 79.7 Å². The molecule has 0 bridgehead atoms. The number of hydrogen-bond donors (Lipinski definition) is 0. The van der Waals surface area contributed by atoms with E-state index in [9.17, 15) is 14.4 Å². The smallest absolute Gasteiger partial charge is 0.134 e. The second-order valence-corrected chi connectivity index (χ2v) is 9.45. The van der Waals surface area contributed by atoms with Gasteiger partial charge in [0.25, 0.3) is 0 Å². The van der Waals surface area contributed by atoms with Gasteiger partial charge in [-0.25, -0.2) is 19.4 Å². The van der Waals surface area contributed by atoms with E-state index in [1.54, 1.807) is 12.1 Å². The quantitative estimate of drug-likeness (QED) is 0.244. The van der Waals surface area contributed by atoms with E-state index in [0.29, 0.717) is 16.5 Å². The third-order valence-electron chi connectivity index (χ3n) is 6.88. The first-order valence-corrected chi connectivity index (χ1v) is 12.7. The minimum atomic E-state index is -0.810. The van der Waals surface area contributed by atoms with Crippen LogP contribution in [0, 0.1) is 0 Å². The van der Waals surface area contributed by atoms with Crippen LogP contribution in [0.5, 0.6) is 0 Å². The van der Waals surface area contributed by atoms with E-state index in [0.717, 1.165) is 17.1 Å². The number of hydrogen-bond acceptors (Lipinski definition) is 6. The van der Waals surface area contributed by atoms with E-state index in [4.69, 9.17) is 11.6 Å². The number of aliphatic imine (C=N–C) groups is 1. The Hall–Kier alpha value is -4.68. The average Bonchev–Trinajstić information content (AvgIpc) is 3.01. The maximum Gasteiger partial charge on any atom is 0.134 e. The molecule has 8 heteroatoms. The number of carbonyl (C=O) groups excluding carboxylic acids is 3. The van der Waals surface area contributed by atoms with Crippen molar-refractivity contribution >= 4 is 73.8 Å². The standard InChI is InChI=1S/C33H18ClN3O3.Re/c34-33-29(28(20-40)30-27(19-39)26(18-38)25-12-7-17-35-31(25)32(30)36-33)21-13-15-24(16-14-21)37(22-8-3-1-4-9-22)23-10-5-2-6-11-23;/h1-17,29H;. The molecule has 0 N–H and O–H groups in total. The molecule has 0 spiro atoms. The van der Waals surface area contributed by atoms with Crippen molar-refractivity contribution in [1.29, 1.82) is 0 Å². The van der Waals surface area contributed by atoms with Gasteiger partial charge in [-0.05, 0) is 54.1 Å². The summed E-state index contributed by atoms with van der Waals surface area (Å²) in [6.45, 7) is 0. The van der Waals surface area contributed by atoms with Gasteiger partial charge in [0.2, 0.25) is 0 Å². The average molecular weight is 726 g/mol. The number of rotatable bonds is 4.